The average molecular weight is 762 g/mol. The van der Waals surface area contributed by atoms with Crippen LogP contribution in [-0.4, -0.2) is 0 Å². The third-order valence-electron chi connectivity index (χ3n) is 6.47. The van der Waals surface area contributed by atoms with Crippen molar-refractivity contribution in [1.82, 2.24) is 0 Å². The standard InChI is InChI=1S/C30H18Br4S2/c31-15-21-3-1-17-13-19(25-9-11-27(33)35-25)5-7-23(17)29(21)30-22(16-32)4-2-18-14-20(6-8-24(18)30)26-10-12-28(34)36-26/h1-14H,15-16H2. The highest BCUT2D eigenvalue weighted by molar-refractivity contribution is 9.11. The molecule has 0 nitrogen and oxygen atoms in total. The zero-order chi connectivity index (χ0) is 24.8. The summed E-state index contributed by atoms with van der Waals surface area (Å²) in [6.45, 7) is 0. The highest BCUT2D eigenvalue weighted by Gasteiger charge is 2.17. The molecule has 0 bridgehead atoms. The number of hydrogen-bond acceptors (Lipinski definition) is 2. The first kappa shape index (κ1) is 25.0. The summed E-state index contributed by atoms with van der Waals surface area (Å²) in [6, 6.07) is 31.4. The predicted octanol–water partition coefficient (Wildman–Crippen LogP) is 12.4. The van der Waals surface area contributed by atoms with E-state index in [1.54, 1.807) is 22.7 Å². The lowest BCUT2D eigenvalue weighted by Gasteiger charge is -2.18. The van der Waals surface area contributed by atoms with E-state index in [2.05, 4.69) is 149 Å². The molecule has 0 aliphatic rings. The van der Waals surface area contributed by atoms with Gasteiger partial charge in [0.2, 0.25) is 0 Å². The van der Waals surface area contributed by atoms with Crippen molar-refractivity contribution in [3.8, 4) is 32.0 Å². The maximum atomic E-state index is 3.78. The molecule has 178 valence electrons. The van der Waals surface area contributed by atoms with E-state index in [9.17, 15) is 0 Å². The predicted molar refractivity (Wildman–Crippen MR) is 174 cm³/mol. The van der Waals surface area contributed by atoms with Crippen molar-refractivity contribution in [3.05, 3.63) is 104 Å². The van der Waals surface area contributed by atoms with E-state index in [1.165, 1.54) is 64.7 Å². The highest BCUT2D eigenvalue weighted by atomic mass is 79.9. The fourth-order valence-electron chi connectivity index (χ4n) is 4.81. The number of rotatable bonds is 5. The third kappa shape index (κ3) is 4.59. The van der Waals surface area contributed by atoms with Gasteiger partial charge in [-0.2, -0.15) is 0 Å². The van der Waals surface area contributed by atoms with Gasteiger partial charge in [-0.05, 0) is 123 Å². The number of alkyl halides is 2. The van der Waals surface area contributed by atoms with Crippen LogP contribution in [0.5, 0.6) is 0 Å². The highest BCUT2D eigenvalue weighted by Crippen LogP contribution is 2.43. The summed E-state index contributed by atoms with van der Waals surface area (Å²) in [5, 5.41) is 6.69. The van der Waals surface area contributed by atoms with Crippen molar-refractivity contribution >= 4 is 108 Å². The molecular formula is C30H18Br4S2. The van der Waals surface area contributed by atoms with Gasteiger partial charge in [-0.25, -0.2) is 0 Å². The third-order valence-corrected chi connectivity index (χ3v) is 11.0. The summed E-state index contributed by atoms with van der Waals surface area (Å²) in [4.78, 5) is 2.54. The molecule has 0 aliphatic heterocycles. The smallest absolute Gasteiger partial charge is 0.0705 e. The molecule has 0 atom stereocenters. The summed E-state index contributed by atoms with van der Waals surface area (Å²) >= 11 is 18.3. The Bertz CT molecular complexity index is 1620. The van der Waals surface area contributed by atoms with E-state index in [-0.39, 0.29) is 0 Å². The van der Waals surface area contributed by atoms with Crippen molar-refractivity contribution in [2.75, 3.05) is 0 Å². The molecule has 0 fully saturated rings. The molecule has 2 aromatic heterocycles. The molecule has 0 aliphatic carbocycles. The van der Waals surface area contributed by atoms with Crippen LogP contribution < -0.4 is 0 Å². The molecule has 6 heteroatoms. The maximum absolute atomic E-state index is 3.78. The van der Waals surface area contributed by atoms with Crippen LogP contribution in [0.3, 0.4) is 0 Å². The number of fused-ring (bicyclic) bond motifs is 2. The second-order valence-electron chi connectivity index (χ2n) is 8.55. The number of thiophene rings is 2. The Morgan fingerprint density at radius 3 is 1.31 bits per heavy atom. The average Bonchev–Trinajstić information content (AvgIpc) is 3.54. The van der Waals surface area contributed by atoms with E-state index in [0.717, 1.165) is 18.2 Å². The first-order valence-corrected chi connectivity index (χ1v) is 16.8. The van der Waals surface area contributed by atoms with Gasteiger partial charge in [-0.1, -0.05) is 80.4 Å². The van der Waals surface area contributed by atoms with Crippen molar-refractivity contribution in [3.63, 3.8) is 0 Å². The van der Waals surface area contributed by atoms with Gasteiger partial charge in [0.05, 0.1) is 7.57 Å². The zero-order valence-corrected chi connectivity index (χ0v) is 26.8. The first-order chi connectivity index (χ1) is 17.6. The Morgan fingerprint density at radius 2 is 0.944 bits per heavy atom. The van der Waals surface area contributed by atoms with Crippen molar-refractivity contribution in [2.45, 2.75) is 10.7 Å². The topological polar surface area (TPSA) is 0 Å². The van der Waals surface area contributed by atoms with Gasteiger partial charge in [-0.3, -0.25) is 0 Å². The molecule has 0 amide bonds. The summed E-state index contributed by atoms with van der Waals surface area (Å²) in [5.41, 5.74) is 7.73. The summed E-state index contributed by atoms with van der Waals surface area (Å²) in [6.07, 6.45) is 0. The largest absolute Gasteiger partial charge is 0.128 e. The van der Waals surface area contributed by atoms with Crippen LogP contribution >= 0.6 is 86.4 Å². The Labute approximate surface area is 251 Å². The minimum atomic E-state index is 0.803. The molecule has 0 unspecified atom stereocenters. The second kappa shape index (κ2) is 10.5. The van der Waals surface area contributed by atoms with E-state index >= 15 is 0 Å². The second-order valence-corrected chi connectivity index (χ2v) is 14.6. The van der Waals surface area contributed by atoms with Gasteiger partial charge in [0.15, 0.2) is 0 Å². The van der Waals surface area contributed by atoms with Crippen LogP contribution in [0.15, 0.2) is 92.5 Å². The lowest BCUT2D eigenvalue weighted by Crippen LogP contribution is -1.95. The SMILES string of the molecule is BrCc1ccc2cc(-c3ccc(Br)s3)ccc2c1-c1c(CBr)ccc2cc(-c3ccc(Br)s3)ccc12. The fourth-order valence-corrected chi connectivity index (χ4v) is 8.51. The molecule has 6 rings (SSSR count). The Kier molecular flexibility index (Phi) is 7.28. The van der Waals surface area contributed by atoms with Gasteiger partial charge in [0, 0.05) is 20.4 Å². The van der Waals surface area contributed by atoms with E-state index in [4.69, 9.17) is 0 Å². The van der Waals surface area contributed by atoms with Crippen molar-refractivity contribution < 1.29 is 0 Å². The Hall–Kier alpha value is -1.28. The maximum Gasteiger partial charge on any atom is 0.0705 e. The van der Waals surface area contributed by atoms with Crippen molar-refractivity contribution in [2.24, 2.45) is 0 Å². The number of halogens is 4. The van der Waals surface area contributed by atoms with Gasteiger partial charge in [0.1, 0.15) is 0 Å². The van der Waals surface area contributed by atoms with Gasteiger partial charge in [-0.15, -0.1) is 22.7 Å². The molecule has 4 aromatic carbocycles. The van der Waals surface area contributed by atoms with Gasteiger partial charge < -0.3 is 0 Å². The molecular weight excluding hydrogens is 744 g/mol. The molecule has 6 aromatic rings. The first-order valence-electron chi connectivity index (χ1n) is 11.3. The molecule has 2 heterocycles. The lowest BCUT2D eigenvalue weighted by molar-refractivity contribution is 1.41. The molecule has 36 heavy (non-hydrogen) atoms. The van der Waals surface area contributed by atoms with Gasteiger partial charge in [0.25, 0.3) is 0 Å². The number of hydrogen-bond donors (Lipinski definition) is 0. The van der Waals surface area contributed by atoms with E-state index in [1.807, 2.05) is 0 Å². The van der Waals surface area contributed by atoms with Gasteiger partial charge >= 0.3 is 0 Å². The van der Waals surface area contributed by atoms with Crippen LogP contribution in [0, 0.1) is 0 Å². The summed E-state index contributed by atoms with van der Waals surface area (Å²) in [5.74, 6) is 0. The molecule has 0 spiro atoms. The quantitative estimate of drug-likeness (QED) is 0.154. The van der Waals surface area contributed by atoms with Crippen LogP contribution in [0.2, 0.25) is 0 Å². The van der Waals surface area contributed by atoms with Crippen LogP contribution in [0.25, 0.3) is 53.6 Å². The Balaban J connectivity index is 1.60. The minimum Gasteiger partial charge on any atom is -0.128 e. The Morgan fingerprint density at radius 1 is 0.500 bits per heavy atom. The normalized spacial score (nSPS) is 11.6. The van der Waals surface area contributed by atoms with Crippen LogP contribution in [0.4, 0.5) is 0 Å². The van der Waals surface area contributed by atoms with E-state index in [0.29, 0.717) is 0 Å². The molecule has 0 radical (unpaired) electrons. The van der Waals surface area contributed by atoms with Crippen LogP contribution in [-0.2, 0) is 10.7 Å². The monoisotopic (exact) mass is 758 g/mol. The number of benzene rings is 4. The summed E-state index contributed by atoms with van der Waals surface area (Å²) in [7, 11) is 0. The molecule has 0 saturated heterocycles. The molecule has 0 saturated carbocycles. The lowest BCUT2D eigenvalue weighted by atomic mass is 9.87. The summed E-state index contributed by atoms with van der Waals surface area (Å²) < 4.78 is 2.31. The minimum absolute atomic E-state index is 0.803. The van der Waals surface area contributed by atoms with E-state index < -0.39 is 0 Å². The van der Waals surface area contributed by atoms with Crippen molar-refractivity contribution in [1.29, 1.82) is 0 Å². The fraction of sp³-hybridized carbons (Fsp3) is 0.0667. The van der Waals surface area contributed by atoms with Crippen LogP contribution in [0.1, 0.15) is 11.1 Å². The molecule has 0 N–H and O–H groups in total. The zero-order valence-electron chi connectivity index (χ0n) is 18.8.